The minimum absolute atomic E-state index is 0.410. The highest BCUT2D eigenvalue weighted by Gasteiger charge is 2.10. The fraction of sp³-hybridized carbons (Fsp3) is 0.421. The highest BCUT2D eigenvalue weighted by Crippen LogP contribution is 2.14. The Morgan fingerprint density at radius 2 is 1.92 bits per heavy atom. The highest BCUT2D eigenvalue weighted by atomic mass is 32.1. The maximum absolute atomic E-state index is 4.31. The fourth-order valence-electron chi connectivity index (χ4n) is 2.40. The lowest BCUT2D eigenvalue weighted by atomic mass is 10.2. The molecule has 0 spiro atoms. The molecule has 0 amide bonds. The number of guanidine groups is 1. The van der Waals surface area contributed by atoms with Crippen molar-refractivity contribution in [1.82, 2.24) is 15.5 Å². The summed E-state index contributed by atoms with van der Waals surface area (Å²) in [4.78, 5) is 9.31. The summed E-state index contributed by atoms with van der Waals surface area (Å²) in [5.41, 5.74) is 1.34. The van der Waals surface area contributed by atoms with Crippen LogP contribution in [0.4, 0.5) is 0 Å². The first kappa shape index (κ1) is 18.5. The van der Waals surface area contributed by atoms with E-state index in [1.165, 1.54) is 15.3 Å². The lowest BCUT2D eigenvalue weighted by Crippen LogP contribution is -2.44. The molecule has 1 heterocycles. The topological polar surface area (TPSA) is 39.7 Å². The van der Waals surface area contributed by atoms with E-state index in [2.05, 4.69) is 83.9 Å². The van der Waals surface area contributed by atoms with Crippen LogP contribution in [0.3, 0.4) is 0 Å². The molecule has 0 saturated heterocycles. The van der Waals surface area contributed by atoms with Crippen LogP contribution >= 0.6 is 11.3 Å². The van der Waals surface area contributed by atoms with Gasteiger partial charge in [0, 0.05) is 35.9 Å². The second-order valence-electron chi connectivity index (χ2n) is 6.07. The molecular formula is C19H28N4S. The molecule has 2 rings (SSSR count). The van der Waals surface area contributed by atoms with Gasteiger partial charge in [-0.1, -0.05) is 30.3 Å². The van der Waals surface area contributed by atoms with E-state index in [9.17, 15) is 0 Å². The quantitative estimate of drug-likeness (QED) is 0.598. The number of benzene rings is 1. The highest BCUT2D eigenvalue weighted by molar-refractivity contribution is 7.11. The van der Waals surface area contributed by atoms with Crippen LogP contribution in [0.1, 0.15) is 22.2 Å². The minimum Gasteiger partial charge on any atom is -0.355 e. The molecule has 2 aromatic rings. The maximum Gasteiger partial charge on any atom is 0.191 e. The first-order chi connectivity index (χ1) is 11.6. The van der Waals surface area contributed by atoms with Gasteiger partial charge >= 0.3 is 0 Å². The molecular weight excluding hydrogens is 316 g/mol. The first-order valence-corrected chi connectivity index (χ1v) is 9.14. The number of thiophene rings is 1. The van der Waals surface area contributed by atoms with Gasteiger partial charge in [-0.25, -0.2) is 0 Å². The molecule has 5 heteroatoms. The molecule has 130 valence electrons. The van der Waals surface area contributed by atoms with Crippen LogP contribution in [-0.4, -0.2) is 37.5 Å². The molecule has 4 nitrogen and oxygen atoms in total. The molecule has 0 aliphatic heterocycles. The van der Waals surface area contributed by atoms with E-state index in [0.717, 1.165) is 25.6 Å². The van der Waals surface area contributed by atoms with Crippen molar-refractivity contribution in [2.45, 2.75) is 33.0 Å². The number of nitrogens with zero attached hydrogens (tertiary/aromatic N) is 2. The summed E-state index contributed by atoms with van der Waals surface area (Å²) < 4.78 is 0. The summed E-state index contributed by atoms with van der Waals surface area (Å²) in [6.07, 6.45) is 0. The normalized spacial score (nSPS) is 13.1. The summed E-state index contributed by atoms with van der Waals surface area (Å²) in [7, 11) is 3.97. The number of aryl methyl sites for hydroxylation is 1. The largest absolute Gasteiger partial charge is 0.355 e. The van der Waals surface area contributed by atoms with E-state index in [1.807, 2.05) is 18.4 Å². The lowest BCUT2D eigenvalue weighted by Gasteiger charge is -2.25. The lowest BCUT2D eigenvalue weighted by molar-refractivity contribution is 0.249. The average Bonchev–Trinajstić information content (AvgIpc) is 3.01. The number of likely N-dealkylation sites (N-methyl/N-ethyl adjacent to an activating group) is 1. The van der Waals surface area contributed by atoms with Crippen LogP contribution < -0.4 is 10.6 Å². The van der Waals surface area contributed by atoms with Crippen molar-refractivity contribution < 1.29 is 0 Å². The second-order valence-corrected chi connectivity index (χ2v) is 7.44. The molecule has 0 saturated carbocycles. The van der Waals surface area contributed by atoms with Crippen molar-refractivity contribution in [2.75, 3.05) is 20.6 Å². The zero-order chi connectivity index (χ0) is 17.4. The second kappa shape index (κ2) is 9.45. The maximum atomic E-state index is 4.31. The van der Waals surface area contributed by atoms with Crippen LogP contribution in [-0.2, 0) is 13.1 Å². The molecule has 0 radical (unpaired) electrons. The first-order valence-electron chi connectivity index (χ1n) is 8.32. The summed E-state index contributed by atoms with van der Waals surface area (Å²) in [5.74, 6) is 0.848. The standard InChI is InChI=1S/C19H28N4S/c1-15(23(4)14-17-8-6-5-7-9-17)12-21-19(20-3)22-13-18-11-10-16(2)24-18/h5-11,15H,12-14H2,1-4H3,(H2,20,21,22). The van der Waals surface area contributed by atoms with Crippen LogP contribution in [0.2, 0.25) is 0 Å². The van der Waals surface area contributed by atoms with Gasteiger partial charge in [0.1, 0.15) is 0 Å². The summed E-state index contributed by atoms with van der Waals surface area (Å²) in [6, 6.07) is 15.3. The van der Waals surface area contributed by atoms with Crippen LogP contribution in [0.15, 0.2) is 47.5 Å². The van der Waals surface area contributed by atoms with E-state index in [1.54, 1.807) is 0 Å². The number of hydrogen-bond donors (Lipinski definition) is 2. The SMILES string of the molecule is CN=C(NCc1ccc(C)s1)NCC(C)N(C)Cc1ccccc1. The fourth-order valence-corrected chi connectivity index (χ4v) is 3.23. The Balaban J connectivity index is 1.75. The Morgan fingerprint density at radius 3 is 2.54 bits per heavy atom. The van der Waals surface area contributed by atoms with Gasteiger partial charge in [-0.15, -0.1) is 11.3 Å². The molecule has 2 N–H and O–H groups in total. The molecule has 0 bridgehead atoms. The van der Waals surface area contributed by atoms with Crippen LogP contribution in [0.25, 0.3) is 0 Å². The van der Waals surface area contributed by atoms with E-state index in [0.29, 0.717) is 6.04 Å². The summed E-state index contributed by atoms with van der Waals surface area (Å²) in [5, 5.41) is 6.79. The Hall–Kier alpha value is -1.85. The average molecular weight is 345 g/mol. The minimum atomic E-state index is 0.410. The van der Waals surface area contributed by atoms with Crippen LogP contribution in [0.5, 0.6) is 0 Å². The third-order valence-electron chi connectivity index (χ3n) is 4.04. The van der Waals surface area contributed by atoms with Gasteiger partial charge in [-0.2, -0.15) is 0 Å². The van der Waals surface area contributed by atoms with Gasteiger partial charge < -0.3 is 10.6 Å². The van der Waals surface area contributed by atoms with Gasteiger partial charge in [0.15, 0.2) is 5.96 Å². The van der Waals surface area contributed by atoms with Gasteiger partial charge in [-0.05, 0) is 38.6 Å². The third-order valence-corrected chi connectivity index (χ3v) is 5.04. The van der Waals surface area contributed by atoms with Gasteiger partial charge in [0.2, 0.25) is 0 Å². The predicted molar refractivity (Wildman–Crippen MR) is 105 cm³/mol. The summed E-state index contributed by atoms with van der Waals surface area (Å²) >= 11 is 1.82. The van der Waals surface area contributed by atoms with Crippen molar-refractivity contribution in [3.8, 4) is 0 Å². The zero-order valence-electron chi connectivity index (χ0n) is 15.0. The van der Waals surface area contributed by atoms with Gasteiger partial charge in [0.25, 0.3) is 0 Å². The zero-order valence-corrected chi connectivity index (χ0v) is 15.9. The van der Waals surface area contributed by atoms with Crippen molar-refractivity contribution >= 4 is 17.3 Å². The van der Waals surface area contributed by atoms with Crippen molar-refractivity contribution in [3.63, 3.8) is 0 Å². The molecule has 1 aromatic heterocycles. The number of aliphatic imine (C=N–C) groups is 1. The molecule has 0 fully saturated rings. The molecule has 0 aliphatic carbocycles. The van der Waals surface area contributed by atoms with E-state index in [-0.39, 0.29) is 0 Å². The predicted octanol–water partition coefficient (Wildman–Crippen LogP) is 3.24. The molecule has 0 aliphatic rings. The van der Waals surface area contributed by atoms with E-state index >= 15 is 0 Å². The summed E-state index contributed by atoms with van der Waals surface area (Å²) in [6.45, 7) is 6.97. The Kier molecular flexibility index (Phi) is 7.28. The number of nitrogens with one attached hydrogen (secondary N) is 2. The Morgan fingerprint density at radius 1 is 1.17 bits per heavy atom. The van der Waals surface area contributed by atoms with E-state index in [4.69, 9.17) is 0 Å². The molecule has 1 unspecified atom stereocenters. The van der Waals surface area contributed by atoms with E-state index < -0.39 is 0 Å². The number of rotatable bonds is 7. The monoisotopic (exact) mass is 344 g/mol. The smallest absolute Gasteiger partial charge is 0.191 e. The molecule has 24 heavy (non-hydrogen) atoms. The Labute approximate surface area is 149 Å². The number of hydrogen-bond acceptors (Lipinski definition) is 3. The third kappa shape index (κ3) is 5.98. The molecule has 1 atom stereocenters. The van der Waals surface area contributed by atoms with Crippen molar-refractivity contribution in [2.24, 2.45) is 4.99 Å². The Bertz CT molecular complexity index is 636. The van der Waals surface area contributed by atoms with Crippen LogP contribution in [0, 0.1) is 6.92 Å². The van der Waals surface area contributed by atoms with Crippen molar-refractivity contribution in [3.05, 3.63) is 57.8 Å². The van der Waals surface area contributed by atoms with Gasteiger partial charge in [-0.3, -0.25) is 9.89 Å². The molecule has 1 aromatic carbocycles. The van der Waals surface area contributed by atoms with Gasteiger partial charge in [0.05, 0.1) is 6.54 Å². The van der Waals surface area contributed by atoms with Crippen molar-refractivity contribution in [1.29, 1.82) is 0 Å².